The maximum Gasteiger partial charge on any atom is 0.140 e. The fraction of sp³-hybridized carbons (Fsp3) is 0.250. The highest BCUT2D eigenvalue weighted by atomic mass is 14.9. The molecule has 0 aliphatic heterocycles. The number of nitrogens with one attached hydrogen (secondary N) is 1. The van der Waals surface area contributed by atoms with Gasteiger partial charge < -0.3 is 5.32 Å². The second-order valence-corrected chi connectivity index (χ2v) is 4.79. The quantitative estimate of drug-likeness (QED) is 0.901. The summed E-state index contributed by atoms with van der Waals surface area (Å²) in [5, 5.41) is 12.0. The maximum atomic E-state index is 8.67. The third kappa shape index (κ3) is 3.56. The van der Waals surface area contributed by atoms with Crippen molar-refractivity contribution in [2.45, 2.75) is 26.3 Å². The molecule has 2 rings (SSSR count). The van der Waals surface area contributed by atoms with Crippen LogP contribution in [0.25, 0.3) is 0 Å². The van der Waals surface area contributed by atoms with Crippen LogP contribution < -0.4 is 5.32 Å². The normalized spacial score (nSPS) is 10.2. The van der Waals surface area contributed by atoms with Crippen molar-refractivity contribution in [2.75, 3.05) is 5.32 Å². The van der Waals surface area contributed by atoms with Crippen LogP contribution in [0.2, 0.25) is 0 Å². The average molecular weight is 251 g/mol. The van der Waals surface area contributed by atoms with Gasteiger partial charge in [0.05, 0.1) is 11.9 Å². The highest BCUT2D eigenvalue weighted by molar-refractivity contribution is 5.43. The molecule has 1 aromatic heterocycles. The van der Waals surface area contributed by atoms with Crippen molar-refractivity contribution < 1.29 is 0 Å². The molecule has 0 bridgehead atoms. The summed E-state index contributed by atoms with van der Waals surface area (Å²) in [4.78, 5) is 4.02. The summed E-state index contributed by atoms with van der Waals surface area (Å²) in [6.45, 7) is 5.14. The van der Waals surface area contributed by atoms with Gasteiger partial charge in [-0.25, -0.2) is 4.98 Å². The molecule has 0 unspecified atom stereocenters. The van der Waals surface area contributed by atoms with Crippen molar-refractivity contribution in [2.24, 2.45) is 0 Å². The fourth-order valence-electron chi connectivity index (χ4n) is 1.79. The Labute approximate surface area is 113 Å². The largest absolute Gasteiger partial charge is 0.380 e. The van der Waals surface area contributed by atoms with E-state index in [-0.39, 0.29) is 0 Å². The second-order valence-electron chi connectivity index (χ2n) is 4.79. The zero-order valence-electron chi connectivity index (χ0n) is 11.2. The van der Waals surface area contributed by atoms with Gasteiger partial charge in [-0.2, -0.15) is 5.26 Å². The Kier molecular flexibility index (Phi) is 4.15. The van der Waals surface area contributed by atoms with E-state index in [2.05, 4.69) is 48.4 Å². The number of hydrogen-bond donors (Lipinski definition) is 1. The first-order valence-electron chi connectivity index (χ1n) is 6.38. The molecule has 1 heterocycles. The zero-order valence-corrected chi connectivity index (χ0v) is 11.2. The van der Waals surface area contributed by atoms with Gasteiger partial charge in [0.25, 0.3) is 0 Å². The lowest BCUT2D eigenvalue weighted by molar-refractivity contribution is 0.865. The minimum absolute atomic E-state index is 0.437. The third-order valence-corrected chi connectivity index (χ3v) is 3.02. The van der Waals surface area contributed by atoms with Crippen LogP contribution in [0.1, 0.15) is 36.6 Å². The van der Waals surface area contributed by atoms with Gasteiger partial charge in [-0.15, -0.1) is 0 Å². The summed E-state index contributed by atoms with van der Waals surface area (Å²) in [5.74, 6) is 0.560. The van der Waals surface area contributed by atoms with Gasteiger partial charge in [0, 0.05) is 6.54 Å². The van der Waals surface area contributed by atoms with Crippen molar-refractivity contribution in [3.63, 3.8) is 0 Å². The topological polar surface area (TPSA) is 48.7 Å². The number of rotatable bonds is 4. The lowest BCUT2D eigenvalue weighted by atomic mass is 10.0. The van der Waals surface area contributed by atoms with E-state index < -0.39 is 0 Å². The lowest BCUT2D eigenvalue weighted by Gasteiger charge is -2.08. The summed E-state index contributed by atoms with van der Waals surface area (Å²) >= 11 is 0. The van der Waals surface area contributed by atoms with Gasteiger partial charge in [-0.3, -0.25) is 0 Å². The molecule has 19 heavy (non-hydrogen) atoms. The lowest BCUT2D eigenvalue weighted by Crippen LogP contribution is -2.00. The van der Waals surface area contributed by atoms with Crippen molar-refractivity contribution >= 4 is 5.69 Å². The number of benzene rings is 1. The Balaban J connectivity index is 1.96. The number of nitriles is 1. The molecule has 0 aliphatic carbocycles. The summed E-state index contributed by atoms with van der Waals surface area (Å²) in [6.07, 6.45) is 1.68. The Morgan fingerprint density at radius 1 is 1.16 bits per heavy atom. The minimum atomic E-state index is 0.437. The molecular formula is C16H17N3. The Morgan fingerprint density at radius 3 is 2.42 bits per heavy atom. The van der Waals surface area contributed by atoms with Gasteiger partial charge in [-0.1, -0.05) is 38.1 Å². The highest BCUT2D eigenvalue weighted by Gasteiger charge is 1.99. The highest BCUT2D eigenvalue weighted by Crippen LogP contribution is 2.15. The van der Waals surface area contributed by atoms with Crippen molar-refractivity contribution in [1.82, 2.24) is 4.98 Å². The third-order valence-electron chi connectivity index (χ3n) is 3.02. The SMILES string of the molecule is CC(C)c1ccc(CNc2ccc(C#N)nc2)cc1. The van der Waals surface area contributed by atoms with Crippen molar-refractivity contribution in [1.29, 1.82) is 5.26 Å². The van der Waals surface area contributed by atoms with Crippen LogP contribution in [-0.2, 0) is 6.54 Å². The first-order valence-corrected chi connectivity index (χ1v) is 6.38. The summed E-state index contributed by atoms with van der Waals surface area (Å²) in [7, 11) is 0. The van der Waals surface area contributed by atoms with Gasteiger partial charge >= 0.3 is 0 Å². The van der Waals surface area contributed by atoms with Gasteiger partial charge in [-0.05, 0) is 29.2 Å². The minimum Gasteiger partial charge on any atom is -0.380 e. The molecule has 3 heteroatoms. The zero-order chi connectivity index (χ0) is 13.7. The molecule has 0 spiro atoms. The molecule has 0 fully saturated rings. The molecule has 0 radical (unpaired) electrons. The van der Waals surface area contributed by atoms with Gasteiger partial charge in [0.1, 0.15) is 11.8 Å². The molecule has 2 aromatic rings. The summed E-state index contributed by atoms with van der Waals surface area (Å²) in [6, 6.07) is 14.2. The standard InChI is InChI=1S/C16H17N3/c1-12(2)14-5-3-13(4-6-14)10-18-16-8-7-15(9-17)19-11-16/h3-8,11-12,18H,10H2,1-2H3. The first kappa shape index (κ1) is 13.1. The molecule has 0 atom stereocenters. The van der Waals surface area contributed by atoms with Crippen LogP contribution in [0.3, 0.4) is 0 Å². The van der Waals surface area contributed by atoms with Crippen LogP contribution in [0.5, 0.6) is 0 Å². The monoisotopic (exact) mass is 251 g/mol. The number of pyridine rings is 1. The number of hydrogen-bond acceptors (Lipinski definition) is 3. The van der Waals surface area contributed by atoms with E-state index in [4.69, 9.17) is 5.26 Å². The molecular weight excluding hydrogens is 234 g/mol. The average Bonchev–Trinajstić information content (AvgIpc) is 2.46. The molecule has 0 amide bonds. The molecule has 1 aromatic carbocycles. The molecule has 0 saturated heterocycles. The molecule has 0 saturated carbocycles. The van der Waals surface area contributed by atoms with Crippen molar-refractivity contribution in [3.05, 3.63) is 59.4 Å². The number of aromatic nitrogens is 1. The fourth-order valence-corrected chi connectivity index (χ4v) is 1.79. The molecule has 96 valence electrons. The maximum absolute atomic E-state index is 8.67. The Morgan fingerprint density at radius 2 is 1.89 bits per heavy atom. The van der Waals surface area contributed by atoms with Crippen LogP contribution >= 0.6 is 0 Å². The first-order chi connectivity index (χ1) is 9.19. The Bertz CT molecular complexity index is 562. The molecule has 0 aliphatic rings. The van der Waals surface area contributed by atoms with Crippen LogP contribution in [0.4, 0.5) is 5.69 Å². The molecule has 3 nitrogen and oxygen atoms in total. The van der Waals surface area contributed by atoms with Crippen molar-refractivity contribution in [3.8, 4) is 6.07 Å². The van der Waals surface area contributed by atoms with E-state index in [1.54, 1.807) is 12.3 Å². The van der Waals surface area contributed by atoms with E-state index in [9.17, 15) is 0 Å². The number of anilines is 1. The Hall–Kier alpha value is -2.34. The summed E-state index contributed by atoms with van der Waals surface area (Å²) < 4.78 is 0. The van der Waals surface area contributed by atoms with Crippen LogP contribution in [-0.4, -0.2) is 4.98 Å². The van der Waals surface area contributed by atoms with E-state index in [1.165, 1.54) is 11.1 Å². The van der Waals surface area contributed by atoms with Gasteiger partial charge in [0.2, 0.25) is 0 Å². The van der Waals surface area contributed by atoms with E-state index in [0.29, 0.717) is 11.6 Å². The van der Waals surface area contributed by atoms with E-state index in [0.717, 1.165) is 12.2 Å². The molecule has 1 N–H and O–H groups in total. The van der Waals surface area contributed by atoms with Crippen LogP contribution in [0.15, 0.2) is 42.6 Å². The second kappa shape index (κ2) is 6.01. The smallest absolute Gasteiger partial charge is 0.140 e. The predicted molar refractivity (Wildman–Crippen MR) is 76.8 cm³/mol. The van der Waals surface area contributed by atoms with Gasteiger partial charge in [0.15, 0.2) is 0 Å². The predicted octanol–water partition coefficient (Wildman–Crippen LogP) is 3.69. The van der Waals surface area contributed by atoms with E-state index >= 15 is 0 Å². The summed E-state index contributed by atoms with van der Waals surface area (Å²) in [5.41, 5.74) is 3.94. The number of nitrogens with zero attached hydrogens (tertiary/aromatic N) is 2. The van der Waals surface area contributed by atoms with E-state index in [1.807, 2.05) is 12.1 Å². The van der Waals surface area contributed by atoms with Crippen LogP contribution in [0, 0.1) is 11.3 Å².